The van der Waals surface area contributed by atoms with Crippen LogP contribution in [-0.4, -0.2) is 25.5 Å². The number of nitrogens with one attached hydrogen (secondary N) is 1. The monoisotopic (exact) mass is 377 g/mol. The molecule has 3 rings (SSSR count). The number of carbonyl (C=O) groups excluding carboxylic acids is 1. The maximum absolute atomic E-state index is 12.7. The molecule has 0 spiro atoms. The van der Waals surface area contributed by atoms with Gasteiger partial charge in [-0.25, -0.2) is 4.68 Å². The number of aromatic nitrogens is 4. The number of amides is 1. The molecule has 0 fully saturated rings. The van der Waals surface area contributed by atoms with Gasteiger partial charge in [-0.05, 0) is 25.5 Å². The third-order valence-electron chi connectivity index (χ3n) is 4.00. The molecule has 0 aliphatic heterocycles. The lowest BCUT2D eigenvalue weighted by Gasteiger charge is -2.14. The predicted molar refractivity (Wildman–Crippen MR) is 93.1 cm³/mol. The Kier molecular flexibility index (Phi) is 5.02. The summed E-state index contributed by atoms with van der Waals surface area (Å²) in [5, 5.41) is 10.5. The Morgan fingerprint density at radius 2 is 1.89 bits per heavy atom. The normalized spacial score (nSPS) is 12.8. The molecule has 1 amide bonds. The van der Waals surface area contributed by atoms with Crippen molar-refractivity contribution in [3.05, 3.63) is 65.6 Å². The molecule has 6 nitrogen and oxygen atoms in total. The van der Waals surface area contributed by atoms with Crippen LogP contribution in [0.15, 0.2) is 48.7 Å². The van der Waals surface area contributed by atoms with Gasteiger partial charge in [-0.15, -0.1) is 0 Å². The van der Waals surface area contributed by atoms with Crippen LogP contribution in [0.1, 0.15) is 29.9 Å². The molecular weight excluding hydrogens is 359 g/mol. The highest BCUT2D eigenvalue weighted by Crippen LogP contribution is 2.28. The molecule has 27 heavy (non-hydrogen) atoms. The molecule has 0 aliphatic carbocycles. The maximum Gasteiger partial charge on any atom is 0.435 e. The molecule has 0 radical (unpaired) electrons. The van der Waals surface area contributed by atoms with Crippen LogP contribution in [0.5, 0.6) is 0 Å². The average molecular weight is 377 g/mol. The molecule has 3 aromatic rings. The fourth-order valence-electron chi connectivity index (χ4n) is 2.58. The first-order valence-corrected chi connectivity index (χ1v) is 8.25. The fraction of sp³-hybridized carbons (Fsp3) is 0.278. The minimum Gasteiger partial charge on any atom is -0.309 e. The van der Waals surface area contributed by atoms with Crippen molar-refractivity contribution in [2.75, 3.05) is 5.32 Å². The zero-order chi connectivity index (χ0) is 19.6. The van der Waals surface area contributed by atoms with Gasteiger partial charge in [0.2, 0.25) is 5.91 Å². The summed E-state index contributed by atoms with van der Waals surface area (Å²) < 4.78 is 40.7. The number of aryl methyl sites for hydroxylation is 1. The van der Waals surface area contributed by atoms with Gasteiger partial charge in [-0.1, -0.05) is 30.3 Å². The molecule has 2 aromatic heterocycles. The van der Waals surface area contributed by atoms with Gasteiger partial charge in [0.25, 0.3) is 0 Å². The number of alkyl halides is 3. The second kappa shape index (κ2) is 7.26. The number of hydrogen-bond donors (Lipinski definition) is 1. The van der Waals surface area contributed by atoms with Crippen molar-refractivity contribution in [2.24, 2.45) is 0 Å². The molecule has 1 aromatic carbocycles. The maximum atomic E-state index is 12.7. The minimum atomic E-state index is -4.55. The molecule has 1 N–H and O–H groups in total. The fourth-order valence-corrected chi connectivity index (χ4v) is 2.58. The van der Waals surface area contributed by atoms with Crippen molar-refractivity contribution >= 4 is 11.7 Å². The van der Waals surface area contributed by atoms with Crippen LogP contribution in [0.4, 0.5) is 19.0 Å². The summed E-state index contributed by atoms with van der Waals surface area (Å²) in [6.45, 7) is 3.73. The van der Waals surface area contributed by atoms with E-state index < -0.39 is 23.8 Å². The Morgan fingerprint density at radius 3 is 2.52 bits per heavy atom. The largest absolute Gasteiger partial charge is 0.435 e. The second-order valence-electron chi connectivity index (χ2n) is 6.16. The molecule has 0 saturated heterocycles. The highest BCUT2D eigenvalue weighted by Gasteiger charge is 2.34. The lowest BCUT2D eigenvalue weighted by molar-refractivity contribution is -0.141. The SMILES string of the molecule is Cc1cc(NC(=O)C(C)n2ccc(C(F)(F)F)n2)n(Cc2ccccc2)n1. The number of benzene rings is 1. The van der Waals surface area contributed by atoms with E-state index in [1.807, 2.05) is 30.3 Å². The van der Waals surface area contributed by atoms with E-state index in [4.69, 9.17) is 0 Å². The summed E-state index contributed by atoms with van der Waals surface area (Å²) in [5.41, 5.74) is 0.686. The number of halogens is 3. The number of nitrogens with zero attached hydrogens (tertiary/aromatic N) is 4. The van der Waals surface area contributed by atoms with E-state index in [-0.39, 0.29) is 0 Å². The molecule has 0 aliphatic rings. The molecule has 0 saturated carbocycles. The summed E-state index contributed by atoms with van der Waals surface area (Å²) in [6, 6.07) is 11.2. The van der Waals surface area contributed by atoms with E-state index in [1.54, 1.807) is 17.7 Å². The van der Waals surface area contributed by atoms with Crippen molar-refractivity contribution < 1.29 is 18.0 Å². The van der Waals surface area contributed by atoms with Crippen LogP contribution in [0.2, 0.25) is 0 Å². The Hall–Kier alpha value is -3.10. The highest BCUT2D eigenvalue weighted by atomic mass is 19.4. The van der Waals surface area contributed by atoms with Crippen LogP contribution >= 0.6 is 0 Å². The second-order valence-corrected chi connectivity index (χ2v) is 6.16. The summed E-state index contributed by atoms with van der Waals surface area (Å²) in [7, 11) is 0. The quantitative estimate of drug-likeness (QED) is 0.738. The number of anilines is 1. The lowest BCUT2D eigenvalue weighted by Crippen LogP contribution is -2.26. The Labute approximate surface area is 153 Å². The Bertz CT molecular complexity index is 930. The van der Waals surface area contributed by atoms with Gasteiger partial charge < -0.3 is 5.32 Å². The van der Waals surface area contributed by atoms with E-state index in [1.165, 1.54) is 6.92 Å². The first-order valence-electron chi connectivity index (χ1n) is 8.25. The van der Waals surface area contributed by atoms with Gasteiger partial charge >= 0.3 is 6.18 Å². The van der Waals surface area contributed by atoms with Crippen LogP contribution < -0.4 is 5.32 Å². The van der Waals surface area contributed by atoms with Crippen LogP contribution in [0.25, 0.3) is 0 Å². The summed E-state index contributed by atoms with van der Waals surface area (Å²) in [4.78, 5) is 12.5. The zero-order valence-corrected chi connectivity index (χ0v) is 14.7. The topological polar surface area (TPSA) is 64.7 Å². The van der Waals surface area contributed by atoms with Crippen molar-refractivity contribution in [3.63, 3.8) is 0 Å². The van der Waals surface area contributed by atoms with E-state index in [2.05, 4.69) is 15.5 Å². The van der Waals surface area contributed by atoms with Gasteiger partial charge in [0, 0.05) is 12.3 Å². The van der Waals surface area contributed by atoms with E-state index in [0.29, 0.717) is 18.1 Å². The van der Waals surface area contributed by atoms with Gasteiger partial charge in [0.1, 0.15) is 11.9 Å². The molecule has 2 heterocycles. The molecule has 9 heteroatoms. The van der Waals surface area contributed by atoms with Gasteiger partial charge in [0.15, 0.2) is 5.69 Å². The van der Waals surface area contributed by atoms with Crippen LogP contribution in [0.3, 0.4) is 0 Å². The van der Waals surface area contributed by atoms with Crippen molar-refractivity contribution in [2.45, 2.75) is 32.6 Å². The number of hydrogen-bond acceptors (Lipinski definition) is 3. The summed E-state index contributed by atoms with van der Waals surface area (Å²) in [6.07, 6.45) is -3.41. The standard InChI is InChI=1S/C18H18F3N5O/c1-12-10-16(26(23-12)11-14-6-4-3-5-7-14)22-17(27)13(2)25-9-8-15(24-25)18(19,20)21/h3-10,13H,11H2,1-2H3,(H,22,27). The van der Waals surface area contributed by atoms with E-state index >= 15 is 0 Å². The smallest absolute Gasteiger partial charge is 0.309 e. The number of rotatable bonds is 5. The highest BCUT2D eigenvalue weighted by molar-refractivity contribution is 5.92. The van der Waals surface area contributed by atoms with Crippen LogP contribution in [0, 0.1) is 6.92 Å². The van der Waals surface area contributed by atoms with E-state index in [9.17, 15) is 18.0 Å². The zero-order valence-electron chi connectivity index (χ0n) is 14.7. The van der Waals surface area contributed by atoms with Crippen LogP contribution in [-0.2, 0) is 17.5 Å². The Balaban J connectivity index is 1.75. The molecule has 142 valence electrons. The van der Waals surface area contributed by atoms with Gasteiger partial charge in [-0.2, -0.15) is 23.4 Å². The van der Waals surface area contributed by atoms with Crippen molar-refractivity contribution in [1.82, 2.24) is 19.6 Å². The molecule has 0 bridgehead atoms. The molecular formula is C18H18F3N5O. The minimum absolute atomic E-state index is 0.457. The lowest BCUT2D eigenvalue weighted by atomic mass is 10.2. The first-order chi connectivity index (χ1) is 12.7. The van der Waals surface area contributed by atoms with E-state index in [0.717, 1.165) is 22.5 Å². The van der Waals surface area contributed by atoms with Gasteiger partial charge in [-0.3, -0.25) is 9.48 Å². The predicted octanol–water partition coefficient (Wildman–Crippen LogP) is 3.65. The van der Waals surface area contributed by atoms with Crippen molar-refractivity contribution in [3.8, 4) is 0 Å². The van der Waals surface area contributed by atoms with Crippen molar-refractivity contribution in [1.29, 1.82) is 0 Å². The Morgan fingerprint density at radius 1 is 1.19 bits per heavy atom. The molecule has 1 unspecified atom stereocenters. The third kappa shape index (κ3) is 4.36. The third-order valence-corrected chi connectivity index (χ3v) is 4.00. The summed E-state index contributed by atoms with van der Waals surface area (Å²) >= 11 is 0. The summed E-state index contributed by atoms with van der Waals surface area (Å²) in [5.74, 6) is -0.0163. The average Bonchev–Trinajstić information content (AvgIpc) is 3.22. The molecule has 1 atom stereocenters. The van der Waals surface area contributed by atoms with Gasteiger partial charge in [0.05, 0.1) is 12.2 Å². The number of carbonyl (C=O) groups is 1. The first kappa shape index (κ1) is 18.7.